The van der Waals surface area contributed by atoms with Crippen LogP contribution in [0.3, 0.4) is 0 Å². The summed E-state index contributed by atoms with van der Waals surface area (Å²) in [7, 11) is -3.66. The number of aryl methyl sites for hydroxylation is 2. The SMILES string of the molecule is Cc1ccc(C)c(N(CC(=O)Nc2ccc3c(c2)sc(=O)n3C(C)C)S(C)(=O)=O)c1. The summed E-state index contributed by atoms with van der Waals surface area (Å²) in [5.74, 6) is -0.462. The molecule has 0 radical (unpaired) electrons. The summed E-state index contributed by atoms with van der Waals surface area (Å²) in [6.07, 6.45) is 1.08. The van der Waals surface area contributed by atoms with Crippen molar-refractivity contribution in [2.24, 2.45) is 0 Å². The van der Waals surface area contributed by atoms with Crippen LogP contribution in [0.1, 0.15) is 31.0 Å². The molecule has 30 heavy (non-hydrogen) atoms. The number of nitrogens with one attached hydrogen (secondary N) is 1. The maximum atomic E-state index is 12.7. The van der Waals surface area contributed by atoms with Crippen LogP contribution in [0.2, 0.25) is 0 Å². The van der Waals surface area contributed by atoms with Crippen LogP contribution in [0.15, 0.2) is 41.2 Å². The molecule has 1 amide bonds. The quantitative estimate of drug-likeness (QED) is 0.624. The Morgan fingerprint density at radius 1 is 1.17 bits per heavy atom. The van der Waals surface area contributed by atoms with Crippen LogP contribution in [-0.2, 0) is 14.8 Å². The number of thiazole rings is 1. The monoisotopic (exact) mass is 447 g/mol. The fourth-order valence-electron chi connectivity index (χ4n) is 3.30. The maximum absolute atomic E-state index is 12.7. The molecule has 0 aliphatic rings. The molecule has 0 spiro atoms. The fraction of sp³-hybridized carbons (Fsp3) is 0.333. The Labute approximate surface area is 180 Å². The molecule has 0 fully saturated rings. The Balaban J connectivity index is 1.87. The molecule has 0 aliphatic heterocycles. The van der Waals surface area contributed by atoms with Gasteiger partial charge in [-0.05, 0) is 63.1 Å². The summed E-state index contributed by atoms with van der Waals surface area (Å²) in [4.78, 5) is 24.8. The van der Waals surface area contributed by atoms with Crippen molar-refractivity contribution in [1.82, 2.24) is 4.57 Å². The zero-order valence-corrected chi connectivity index (χ0v) is 19.2. The highest BCUT2D eigenvalue weighted by atomic mass is 32.2. The number of nitrogens with zero attached hydrogens (tertiary/aromatic N) is 2. The minimum atomic E-state index is -3.66. The van der Waals surface area contributed by atoms with Crippen molar-refractivity contribution >= 4 is 48.9 Å². The van der Waals surface area contributed by atoms with E-state index in [1.807, 2.05) is 32.9 Å². The first-order chi connectivity index (χ1) is 14.0. The first-order valence-electron chi connectivity index (χ1n) is 9.47. The van der Waals surface area contributed by atoms with E-state index in [4.69, 9.17) is 0 Å². The molecule has 0 atom stereocenters. The molecule has 1 N–H and O–H groups in total. The highest BCUT2D eigenvalue weighted by Crippen LogP contribution is 2.26. The van der Waals surface area contributed by atoms with Gasteiger partial charge in [-0.2, -0.15) is 0 Å². The van der Waals surface area contributed by atoms with Gasteiger partial charge in [0.15, 0.2) is 0 Å². The zero-order chi connectivity index (χ0) is 22.2. The molecule has 0 bridgehead atoms. The van der Waals surface area contributed by atoms with E-state index in [1.165, 1.54) is 0 Å². The number of amides is 1. The van der Waals surface area contributed by atoms with Crippen molar-refractivity contribution < 1.29 is 13.2 Å². The lowest BCUT2D eigenvalue weighted by atomic mass is 10.1. The van der Waals surface area contributed by atoms with Gasteiger partial charge < -0.3 is 5.32 Å². The highest BCUT2D eigenvalue weighted by Gasteiger charge is 2.23. The van der Waals surface area contributed by atoms with Crippen molar-refractivity contribution in [3.63, 3.8) is 0 Å². The molecule has 0 saturated heterocycles. The van der Waals surface area contributed by atoms with Crippen molar-refractivity contribution in [3.8, 4) is 0 Å². The molecule has 3 aromatic rings. The lowest BCUT2D eigenvalue weighted by Crippen LogP contribution is -2.37. The van der Waals surface area contributed by atoms with Gasteiger partial charge in [-0.3, -0.25) is 18.5 Å². The minimum Gasteiger partial charge on any atom is -0.324 e. The number of rotatable bonds is 6. The van der Waals surface area contributed by atoms with E-state index in [9.17, 15) is 18.0 Å². The lowest BCUT2D eigenvalue weighted by Gasteiger charge is -2.24. The van der Waals surface area contributed by atoms with E-state index in [2.05, 4.69) is 5.32 Å². The van der Waals surface area contributed by atoms with Crippen LogP contribution in [0.25, 0.3) is 10.2 Å². The highest BCUT2D eigenvalue weighted by molar-refractivity contribution is 7.92. The number of hydrogen-bond acceptors (Lipinski definition) is 5. The second-order valence-electron chi connectivity index (χ2n) is 7.62. The second-order valence-corrected chi connectivity index (χ2v) is 10.5. The third kappa shape index (κ3) is 4.57. The number of benzene rings is 2. The van der Waals surface area contributed by atoms with Crippen LogP contribution < -0.4 is 14.5 Å². The fourth-order valence-corrected chi connectivity index (χ4v) is 5.26. The van der Waals surface area contributed by atoms with E-state index in [-0.39, 0.29) is 17.5 Å². The molecule has 3 rings (SSSR count). The molecule has 7 nitrogen and oxygen atoms in total. The number of aromatic nitrogens is 1. The van der Waals surface area contributed by atoms with Crippen LogP contribution >= 0.6 is 11.3 Å². The largest absolute Gasteiger partial charge is 0.324 e. The predicted molar refractivity (Wildman–Crippen MR) is 123 cm³/mol. The van der Waals surface area contributed by atoms with Gasteiger partial charge in [0.25, 0.3) is 0 Å². The average molecular weight is 448 g/mol. The average Bonchev–Trinajstić information content (AvgIpc) is 2.96. The van der Waals surface area contributed by atoms with Crippen molar-refractivity contribution in [1.29, 1.82) is 0 Å². The number of anilines is 2. The van der Waals surface area contributed by atoms with Crippen molar-refractivity contribution in [2.45, 2.75) is 33.7 Å². The summed E-state index contributed by atoms with van der Waals surface area (Å²) in [6.45, 7) is 7.21. The summed E-state index contributed by atoms with van der Waals surface area (Å²) in [6, 6.07) is 10.8. The standard InChI is InChI=1S/C21H25N3O4S2/c1-13(2)24-17-9-8-16(11-19(17)29-21(24)26)22-20(25)12-23(30(5,27)28)18-10-14(3)6-7-15(18)4/h6-11,13H,12H2,1-5H3,(H,22,25). The van der Waals surface area contributed by atoms with Gasteiger partial charge in [-0.1, -0.05) is 23.5 Å². The molecule has 1 aromatic heterocycles. The third-order valence-electron chi connectivity index (χ3n) is 4.73. The molecule has 9 heteroatoms. The summed E-state index contributed by atoms with van der Waals surface area (Å²) < 4.78 is 28.3. The van der Waals surface area contributed by atoms with Gasteiger partial charge in [0.05, 0.1) is 22.2 Å². The predicted octanol–water partition coefficient (Wildman–Crippen LogP) is 3.67. The van der Waals surface area contributed by atoms with Crippen LogP contribution in [0, 0.1) is 13.8 Å². The van der Waals surface area contributed by atoms with Gasteiger partial charge >= 0.3 is 4.87 Å². The molecule has 0 saturated carbocycles. The molecule has 1 heterocycles. The molecular weight excluding hydrogens is 422 g/mol. The van der Waals surface area contributed by atoms with Crippen LogP contribution in [-0.4, -0.2) is 31.7 Å². The number of fused-ring (bicyclic) bond motifs is 1. The van der Waals surface area contributed by atoms with Gasteiger partial charge in [-0.25, -0.2) is 8.42 Å². The number of carbonyl (C=O) groups is 1. The van der Waals surface area contributed by atoms with Crippen molar-refractivity contribution in [2.75, 3.05) is 22.4 Å². The van der Waals surface area contributed by atoms with Gasteiger partial charge in [0.2, 0.25) is 15.9 Å². The van der Waals surface area contributed by atoms with E-state index >= 15 is 0 Å². The second kappa shape index (κ2) is 8.23. The zero-order valence-electron chi connectivity index (χ0n) is 17.6. The van der Waals surface area contributed by atoms with Gasteiger partial charge in [0.1, 0.15) is 6.54 Å². The molecule has 0 unspecified atom stereocenters. The summed E-state index contributed by atoms with van der Waals surface area (Å²) in [5, 5.41) is 2.75. The van der Waals surface area contributed by atoms with E-state index < -0.39 is 15.9 Å². The Kier molecular flexibility index (Phi) is 6.05. The Hall–Kier alpha value is -2.65. The number of sulfonamides is 1. The number of hydrogen-bond donors (Lipinski definition) is 1. The molecule has 0 aliphatic carbocycles. The molecule has 160 valence electrons. The third-order valence-corrected chi connectivity index (χ3v) is 6.78. The Bertz CT molecular complexity index is 1270. The number of carbonyl (C=O) groups excluding carboxylic acids is 1. The minimum absolute atomic E-state index is 0.0348. The first-order valence-corrected chi connectivity index (χ1v) is 12.1. The van der Waals surface area contributed by atoms with Crippen molar-refractivity contribution in [3.05, 3.63) is 57.2 Å². The summed E-state index contributed by atoms with van der Waals surface area (Å²) >= 11 is 1.12. The summed E-state index contributed by atoms with van der Waals surface area (Å²) in [5.41, 5.74) is 3.47. The van der Waals surface area contributed by atoms with E-state index in [0.29, 0.717) is 11.4 Å². The maximum Gasteiger partial charge on any atom is 0.308 e. The normalized spacial score (nSPS) is 11.8. The van der Waals surface area contributed by atoms with Gasteiger partial charge in [-0.15, -0.1) is 0 Å². The van der Waals surface area contributed by atoms with Gasteiger partial charge in [0, 0.05) is 11.7 Å². The molecular formula is C21H25N3O4S2. The molecule has 2 aromatic carbocycles. The Morgan fingerprint density at radius 2 is 1.87 bits per heavy atom. The van der Waals surface area contributed by atoms with Crippen LogP contribution in [0.4, 0.5) is 11.4 Å². The first kappa shape index (κ1) is 22.0. The lowest BCUT2D eigenvalue weighted by molar-refractivity contribution is -0.114. The van der Waals surface area contributed by atoms with E-state index in [1.54, 1.807) is 35.8 Å². The Morgan fingerprint density at radius 3 is 2.50 bits per heavy atom. The topological polar surface area (TPSA) is 88.5 Å². The smallest absolute Gasteiger partial charge is 0.308 e. The van der Waals surface area contributed by atoms with E-state index in [0.717, 1.165) is 43.2 Å². The van der Waals surface area contributed by atoms with Crippen LogP contribution in [0.5, 0.6) is 0 Å².